The highest BCUT2D eigenvalue weighted by molar-refractivity contribution is 7.17. The second-order valence-electron chi connectivity index (χ2n) is 6.09. The molecule has 150 valence electrons. The van der Waals surface area contributed by atoms with Crippen molar-refractivity contribution >= 4 is 34.8 Å². The van der Waals surface area contributed by atoms with Gasteiger partial charge in [-0.1, -0.05) is 54.1 Å². The average molecular weight is 429 g/mol. The van der Waals surface area contributed by atoms with Gasteiger partial charge in [0.15, 0.2) is 0 Å². The number of hydrogen-bond donors (Lipinski definition) is 2. The summed E-state index contributed by atoms with van der Waals surface area (Å²) in [7, 11) is 0. The van der Waals surface area contributed by atoms with Gasteiger partial charge in [-0.05, 0) is 30.7 Å². The number of benzene rings is 2. The number of nitrogens with one attached hydrogen (secondary N) is 2. The normalized spacial score (nSPS) is 10.4. The fourth-order valence-electron chi connectivity index (χ4n) is 2.71. The molecule has 7 heteroatoms. The predicted octanol–water partition coefficient (Wildman–Crippen LogP) is 4.63. The molecule has 0 saturated carbocycles. The number of hydrogen-bond acceptors (Lipinski definition) is 4. The van der Waals surface area contributed by atoms with Crippen molar-refractivity contribution in [3.05, 3.63) is 76.1 Å². The van der Waals surface area contributed by atoms with Crippen LogP contribution in [-0.2, 0) is 0 Å². The van der Waals surface area contributed by atoms with E-state index >= 15 is 0 Å². The molecule has 0 bridgehead atoms. The molecule has 0 unspecified atom stereocenters. The first-order valence-electron chi connectivity index (χ1n) is 9.23. The van der Waals surface area contributed by atoms with Gasteiger partial charge in [-0.3, -0.25) is 9.59 Å². The van der Waals surface area contributed by atoms with Crippen LogP contribution < -0.4 is 15.4 Å². The maximum absolute atomic E-state index is 12.6. The third-order valence-corrected chi connectivity index (χ3v) is 5.57. The van der Waals surface area contributed by atoms with Crippen LogP contribution in [0.3, 0.4) is 0 Å². The van der Waals surface area contributed by atoms with Gasteiger partial charge in [-0.2, -0.15) is 0 Å². The molecule has 0 spiro atoms. The highest BCUT2D eigenvalue weighted by Gasteiger charge is 2.18. The van der Waals surface area contributed by atoms with Crippen LogP contribution >= 0.6 is 22.9 Å². The van der Waals surface area contributed by atoms with Crippen LogP contribution in [0.25, 0.3) is 10.4 Å². The Kier molecular flexibility index (Phi) is 7.27. The molecule has 2 amide bonds. The Hall–Kier alpha value is -2.83. The number of carbonyl (C=O) groups is 2. The highest BCUT2D eigenvalue weighted by atomic mass is 35.5. The Labute approximate surface area is 178 Å². The van der Waals surface area contributed by atoms with E-state index in [1.165, 1.54) is 11.3 Å². The van der Waals surface area contributed by atoms with Gasteiger partial charge < -0.3 is 15.4 Å². The summed E-state index contributed by atoms with van der Waals surface area (Å²) < 4.78 is 5.64. The van der Waals surface area contributed by atoms with Crippen molar-refractivity contribution < 1.29 is 14.3 Å². The van der Waals surface area contributed by atoms with Crippen LogP contribution in [0.2, 0.25) is 5.02 Å². The maximum Gasteiger partial charge on any atom is 0.265 e. The van der Waals surface area contributed by atoms with Crippen LogP contribution in [0.15, 0.2) is 60.7 Å². The molecule has 0 aliphatic rings. The summed E-state index contributed by atoms with van der Waals surface area (Å²) in [6, 6.07) is 18.6. The Morgan fingerprint density at radius 2 is 1.62 bits per heavy atom. The standard InChI is InChI=1S/C22H21ClN2O3S/c1-2-28-18-14-19(15-8-4-3-5-9-15)29-20(18)22(27)25-13-12-24-21(26)16-10-6-7-11-17(16)23/h3-11,14H,2,12-13H2,1H3,(H,24,26)(H,25,27). The number of amides is 2. The van der Waals surface area contributed by atoms with E-state index in [1.54, 1.807) is 24.3 Å². The number of rotatable bonds is 8. The first kappa shape index (κ1) is 20.9. The van der Waals surface area contributed by atoms with Gasteiger partial charge in [0.2, 0.25) is 0 Å². The molecule has 0 aliphatic heterocycles. The lowest BCUT2D eigenvalue weighted by molar-refractivity contribution is 0.0928. The van der Waals surface area contributed by atoms with Gasteiger partial charge in [0.25, 0.3) is 11.8 Å². The molecule has 1 aromatic heterocycles. The van der Waals surface area contributed by atoms with Crippen LogP contribution in [0.4, 0.5) is 0 Å². The molecular formula is C22H21ClN2O3S. The van der Waals surface area contributed by atoms with Crippen molar-refractivity contribution in [1.29, 1.82) is 0 Å². The Morgan fingerprint density at radius 3 is 2.31 bits per heavy atom. The zero-order valence-electron chi connectivity index (χ0n) is 15.9. The molecule has 0 saturated heterocycles. The quantitative estimate of drug-likeness (QED) is 0.514. The van der Waals surface area contributed by atoms with Crippen LogP contribution in [0, 0.1) is 0 Å². The lowest BCUT2D eigenvalue weighted by Crippen LogP contribution is -2.34. The maximum atomic E-state index is 12.6. The minimum absolute atomic E-state index is 0.229. The zero-order chi connectivity index (χ0) is 20.6. The molecule has 3 aromatic rings. The predicted molar refractivity (Wildman–Crippen MR) is 117 cm³/mol. The summed E-state index contributed by atoms with van der Waals surface area (Å²) in [4.78, 5) is 26.3. The number of halogens is 1. The Bertz CT molecular complexity index is 989. The number of carbonyl (C=O) groups excluding carboxylic acids is 2. The molecule has 5 nitrogen and oxygen atoms in total. The van der Waals surface area contributed by atoms with Crippen molar-refractivity contribution in [2.24, 2.45) is 0 Å². The van der Waals surface area contributed by atoms with E-state index < -0.39 is 0 Å². The summed E-state index contributed by atoms with van der Waals surface area (Å²) in [5.74, 6) is 0.0592. The monoisotopic (exact) mass is 428 g/mol. The van der Waals surface area contributed by atoms with E-state index in [4.69, 9.17) is 16.3 Å². The van der Waals surface area contributed by atoms with Gasteiger partial charge in [-0.25, -0.2) is 0 Å². The number of thiophene rings is 1. The Balaban J connectivity index is 1.59. The van der Waals surface area contributed by atoms with E-state index in [9.17, 15) is 9.59 Å². The first-order valence-corrected chi connectivity index (χ1v) is 10.4. The van der Waals surface area contributed by atoms with Crippen LogP contribution in [-0.4, -0.2) is 31.5 Å². The third kappa shape index (κ3) is 5.37. The number of ether oxygens (including phenoxy) is 1. The molecule has 0 atom stereocenters. The van der Waals surface area contributed by atoms with Crippen LogP contribution in [0.5, 0.6) is 5.75 Å². The van der Waals surface area contributed by atoms with Gasteiger partial charge in [0.1, 0.15) is 10.6 Å². The Morgan fingerprint density at radius 1 is 0.966 bits per heavy atom. The second kappa shape index (κ2) is 10.1. The van der Waals surface area contributed by atoms with E-state index in [-0.39, 0.29) is 18.4 Å². The third-order valence-electron chi connectivity index (χ3n) is 4.08. The largest absolute Gasteiger partial charge is 0.492 e. The van der Waals surface area contributed by atoms with E-state index in [0.717, 1.165) is 10.4 Å². The summed E-state index contributed by atoms with van der Waals surface area (Å²) in [6.07, 6.45) is 0. The molecule has 2 N–H and O–H groups in total. The molecular weight excluding hydrogens is 408 g/mol. The van der Waals surface area contributed by atoms with Crippen molar-refractivity contribution in [1.82, 2.24) is 10.6 Å². The van der Waals surface area contributed by atoms with Gasteiger partial charge in [-0.15, -0.1) is 11.3 Å². The first-order chi connectivity index (χ1) is 14.1. The average Bonchev–Trinajstić information content (AvgIpc) is 3.16. The molecule has 0 fully saturated rings. The smallest absolute Gasteiger partial charge is 0.265 e. The minimum Gasteiger partial charge on any atom is -0.492 e. The lowest BCUT2D eigenvalue weighted by Gasteiger charge is -2.08. The van der Waals surface area contributed by atoms with Crippen molar-refractivity contribution in [2.75, 3.05) is 19.7 Å². The summed E-state index contributed by atoms with van der Waals surface area (Å²) in [5, 5.41) is 5.97. The van der Waals surface area contributed by atoms with Crippen LogP contribution in [0.1, 0.15) is 27.0 Å². The zero-order valence-corrected chi connectivity index (χ0v) is 17.5. The fourth-order valence-corrected chi connectivity index (χ4v) is 3.96. The molecule has 2 aromatic carbocycles. The van der Waals surface area contributed by atoms with Crippen molar-refractivity contribution in [3.8, 4) is 16.2 Å². The minimum atomic E-state index is -0.276. The van der Waals surface area contributed by atoms with E-state index in [2.05, 4.69) is 10.6 Å². The summed E-state index contributed by atoms with van der Waals surface area (Å²) in [6.45, 7) is 2.93. The summed E-state index contributed by atoms with van der Waals surface area (Å²) in [5.41, 5.74) is 1.44. The SMILES string of the molecule is CCOc1cc(-c2ccccc2)sc1C(=O)NCCNC(=O)c1ccccc1Cl. The molecule has 0 aliphatic carbocycles. The summed E-state index contributed by atoms with van der Waals surface area (Å²) >= 11 is 7.40. The molecule has 29 heavy (non-hydrogen) atoms. The second-order valence-corrected chi connectivity index (χ2v) is 7.55. The van der Waals surface area contributed by atoms with E-state index in [0.29, 0.717) is 34.4 Å². The van der Waals surface area contributed by atoms with Gasteiger partial charge >= 0.3 is 0 Å². The van der Waals surface area contributed by atoms with E-state index in [1.807, 2.05) is 43.3 Å². The topological polar surface area (TPSA) is 67.4 Å². The molecule has 3 rings (SSSR count). The lowest BCUT2D eigenvalue weighted by atomic mass is 10.2. The highest BCUT2D eigenvalue weighted by Crippen LogP contribution is 2.36. The van der Waals surface area contributed by atoms with Crippen molar-refractivity contribution in [2.45, 2.75) is 6.92 Å². The fraction of sp³-hybridized carbons (Fsp3) is 0.182. The van der Waals surface area contributed by atoms with Gasteiger partial charge in [0, 0.05) is 18.0 Å². The van der Waals surface area contributed by atoms with Gasteiger partial charge in [0.05, 0.1) is 17.2 Å². The molecule has 1 heterocycles. The molecule has 0 radical (unpaired) electrons. The van der Waals surface area contributed by atoms with Crippen molar-refractivity contribution in [3.63, 3.8) is 0 Å².